The van der Waals surface area contributed by atoms with Gasteiger partial charge in [-0.25, -0.2) is 0 Å². The SMILES string of the molecule is CC(CCC(=O)O)CNC(=O)c1ccsc1. The molecule has 0 saturated carbocycles. The van der Waals surface area contributed by atoms with E-state index in [4.69, 9.17) is 5.11 Å². The molecule has 16 heavy (non-hydrogen) atoms. The molecule has 4 nitrogen and oxygen atoms in total. The van der Waals surface area contributed by atoms with Gasteiger partial charge in [-0.3, -0.25) is 9.59 Å². The van der Waals surface area contributed by atoms with Crippen molar-refractivity contribution >= 4 is 23.2 Å². The lowest BCUT2D eigenvalue weighted by Crippen LogP contribution is -2.28. The fourth-order valence-electron chi connectivity index (χ4n) is 1.23. The predicted octanol–water partition coefficient (Wildman–Crippen LogP) is 1.98. The van der Waals surface area contributed by atoms with Gasteiger partial charge in [0.2, 0.25) is 0 Å². The molecule has 1 aromatic rings. The standard InChI is InChI=1S/C11H15NO3S/c1-8(2-3-10(13)14)6-12-11(15)9-4-5-16-7-9/h4-5,7-8H,2-3,6H2,1H3,(H,12,15)(H,13,14). The molecule has 1 rings (SSSR count). The Morgan fingerprint density at radius 3 is 2.88 bits per heavy atom. The molecule has 1 heterocycles. The van der Waals surface area contributed by atoms with Crippen LogP contribution in [0.1, 0.15) is 30.1 Å². The Morgan fingerprint density at radius 1 is 1.56 bits per heavy atom. The first-order valence-electron chi connectivity index (χ1n) is 5.11. The Balaban J connectivity index is 2.24. The van der Waals surface area contributed by atoms with E-state index in [9.17, 15) is 9.59 Å². The van der Waals surface area contributed by atoms with E-state index in [0.29, 0.717) is 18.5 Å². The lowest BCUT2D eigenvalue weighted by atomic mass is 10.1. The number of carbonyl (C=O) groups is 2. The lowest BCUT2D eigenvalue weighted by molar-refractivity contribution is -0.137. The van der Waals surface area contributed by atoms with Gasteiger partial charge >= 0.3 is 5.97 Å². The quantitative estimate of drug-likeness (QED) is 0.800. The van der Waals surface area contributed by atoms with Crippen LogP contribution >= 0.6 is 11.3 Å². The van der Waals surface area contributed by atoms with Gasteiger partial charge in [-0.2, -0.15) is 11.3 Å². The van der Waals surface area contributed by atoms with E-state index in [0.717, 1.165) is 0 Å². The van der Waals surface area contributed by atoms with Crippen LogP contribution in [-0.2, 0) is 4.79 Å². The molecule has 0 radical (unpaired) electrons. The van der Waals surface area contributed by atoms with Crippen molar-refractivity contribution in [3.63, 3.8) is 0 Å². The zero-order valence-corrected chi connectivity index (χ0v) is 9.92. The first kappa shape index (κ1) is 12.7. The van der Waals surface area contributed by atoms with Gasteiger partial charge in [0, 0.05) is 23.9 Å². The summed E-state index contributed by atoms with van der Waals surface area (Å²) in [6.45, 7) is 2.44. The smallest absolute Gasteiger partial charge is 0.303 e. The summed E-state index contributed by atoms with van der Waals surface area (Å²) in [6.07, 6.45) is 0.731. The van der Waals surface area contributed by atoms with Crippen molar-refractivity contribution in [2.45, 2.75) is 19.8 Å². The van der Waals surface area contributed by atoms with Crippen LogP contribution in [0.15, 0.2) is 16.8 Å². The van der Waals surface area contributed by atoms with Crippen molar-refractivity contribution in [1.82, 2.24) is 5.32 Å². The van der Waals surface area contributed by atoms with Crippen molar-refractivity contribution in [2.24, 2.45) is 5.92 Å². The van der Waals surface area contributed by atoms with E-state index in [1.807, 2.05) is 12.3 Å². The van der Waals surface area contributed by atoms with Gasteiger partial charge in [-0.1, -0.05) is 6.92 Å². The molecule has 1 unspecified atom stereocenters. The highest BCUT2D eigenvalue weighted by Gasteiger charge is 2.09. The molecule has 0 aromatic carbocycles. The normalized spacial score (nSPS) is 12.1. The maximum absolute atomic E-state index is 11.5. The number of nitrogens with one attached hydrogen (secondary N) is 1. The molecule has 0 aliphatic heterocycles. The minimum atomic E-state index is -0.795. The molecule has 0 fully saturated rings. The number of carboxylic acid groups (broad SMARTS) is 1. The number of carbonyl (C=O) groups excluding carboxylic acids is 1. The van der Waals surface area contributed by atoms with Crippen LogP contribution in [0.2, 0.25) is 0 Å². The number of amides is 1. The Kier molecular flexibility index (Phi) is 4.98. The van der Waals surface area contributed by atoms with E-state index in [2.05, 4.69) is 5.32 Å². The third-order valence-electron chi connectivity index (χ3n) is 2.25. The fraction of sp³-hybridized carbons (Fsp3) is 0.455. The lowest BCUT2D eigenvalue weighted by Gasteiger charge is -2.10. The van der Waals surface area contributed by atoms with Crippen molar-refractivity contribution in [1.29, 1.82) is 0 Å². The molecule has 5 heteroatoms. The van der Waals surface area contributed by atoms with Gasteiger partial charge in [0.25, 0.3) is 5.91 Å². The van der Waals surface area contributed by atoms with Crippen LogP contribution in [0.3, 0.4) is 0 Å². The van der Waals surface area contributed by atoms with Crippen LogP contribution in [0.25, 0.3) is 0 Å². The number of hydrogen-bond acceptors (Lipinski definition) is 3. The second-order valence-corrected chi connectivity index (χ2v) is 4.54. The third-order valence-corrected chi connectivity index (χ3v) is 2.93. The monoisotopic (exact) mass is 241 g/mol. The summed E-state index contributed by atoms with van der Waals surface area (Å²) in [4.78, 5) is 21.9. The molecule has 1 aromatic heterocycles. The van der Waals surface area contributed by atoms with Gasteiger partial charge in [0.05, 0.1) is 0 Å². The van der Waals surface area contributed by atoms with E-state index in [-0.39, 0.29) is 18.2 Å². The summed E-state index contributed by atoms with van der Waals surface area (Å²) in [6, 6.07) is 1.77. The molecule has 0 spiro atoms. The first-order chi connectivity index (χ1) is 7.59. The number of thiophene rings is 1. The fourth-order valence-corrected chi connectivity index (χ4v) is 1.87. The highest BCUT2D eigenvalue weighted by atomic mass is 32.1. The Morgan fingerprint density at radius 2 is 2.31 bits per heavy atom. The molecule has 1 atom stereocenters. The van der Waals surface area contributed by atoms with Gasteiger partial charge in [0.1, 0.15) is 0 Å². The molecule has 1 amide bonds. The summed E-state index contributed by atoms with van der Waals surface area (Å²) in [5.74, 6) is -0.710. The number of aliphatic carboxylic acids is 1. The second kappa shape index (κ2) is 6.27. The van der Waals surface area contributed by atoms with Gasteiger partial charge in [0.15, 0.2) is 0 Å². The van der Waals surface area contributed by atoms with Crippen LogP contribution < -0.4 is 5.32 Å². The summed E-state index contributed by atoms with van der Waals surface area (Å²) < 4.78 is 0. The van der Waals surface area contributed by atoms with Crippen molar-refractivity contribution < 1.29 is 14.7 Å². The largest absolute Gasteiger partial charge is 0.481 e. The van der Waals surface area contributed by atoms with Crippen molar-refractivity contribution in [2.75, 3.05) is 6.54 Å². The predicted molar refractivity (Wildman–Crippen MR) is 62.7 cm³/mol. The average Bonchev–Trinajstić information content (AvgIpc) is 2.76. The molecule has 0 bridgehead atoms. The summed E-state index contributed by atoms with van der Waals surface area (Å²) >= 11 is 1.48. The highest BCUT2D eigenvalue weighted by molar-refractivity contribution is 7.08. The highest BCUT2D eigenvalue weighted by Crippen LogP contribution is 2.07. The maximum Gasteiger partial charge on any atom is 0.303 e. The first-order valence-corrected chi connectivity index (χ1v) is 6.06. The van der Waals surface area contributed by atoms with Crippen LogP contribution in [0.5, 0.6) is 0 Å². The minimum absolute atomic E-state index is 0.0941. The van der Waals surface area contributed by atoms with E-state index >= 15 is 0 Å². The third kappa shape index (κ3) is 4.44. The zero-order valence-electron chi connectivity index (χ0n) is 9.10. The summed E-state index contributed by atoms with van der Waals surface area (Å²) in [7, 11) is 0. The zero-order chi connectivity index (χ0) is 12.0. The summed E-state index contributed by atoms with van der Waals surface area (Å²) in [5.41, 5.74) is 0.662. The Labute approximate surface area is 98.3 Å². The molecule has 0 aliphatic carbocycles. The van der Waals surface area contributed by atoms with E-state index in [1.54, 1.807) is 11.4 Å². The van der Waals surface area contributed by atoms with Gasteiger partial charge < -0.3 is 10.4 Å². The number of hydrogen-bond donors (Lipinski definition) is 2. The topological polar surface area (TPSA) is 66.4 Å². The van der Waals surface area contributed by atoms with Crippen LogP contribution in [-0.4, -0.2) is 23.5 Å². The van der Waals surface area contributed by atoms with Gasteiger partial charge in [-0.15, -0.1) is 0 Å². The maximum atomic E-state index is 11.5. The van der Waals surface area contributed by atoms with Crippen LogP contribution in [0, 0.1) is 5.92 Å². The van der Waals surface area contributed by atoms with E-state index in [1.165, 1.54) is 11.3 Å². The van der Waals surface area contributed by atoms with E-state index < -0.39 is 5.97 Å². The molecular formula is C11H15NO3S. The molecule has 88 valence electrons. The molecule has 2 N–H and O–H groups in total. The molecule has 0 aliphatic rings. The number of carboxylic acids is 1. The second-order valence-electron chi connectivity index (χ2n) is 3.76. The minimum Gasteiger partial charge on any atom is -0.481 e. The average molecular weight is 241 g/mol. The number of rotatable bonds is 6. The van der Waals surface area contributed by atoms with Gasteiger partial charge in [-0.05, 0) is 23.8 Å². The van der Waals surface area contributed by atoms with Crippen molar-refractivity contribution in [3.05, 3.63) is 22.4 Å². The molecular weight excluding hydrogens is 226 g/mol. The van der Waals surface area contributed by atoms with Crippen LogP contribution in [0.4, 0.5) is 0 Å². The van der Waals surface area contributed by atoms with Crippen molar-refractivity contribution in [3.8, 4) is 0 Å². The Bertz CT molecular complexity index is 348. The molecule has 0 saturated heterocycles. The summed E-state index contributed by atoms with van der Waals surface area (Å²) in [5, 5.41) is 14.9. The Hall–Kier alpha value is -1.36.